The Morgan fingerprint density at radius 1 is 1.18 bits per heavy atom. The summed E-state index contributed by atoms with van der Waals surface area (Å²) in [6.07, 6.45) is 5.47. The predicted octanol–water partition coefficient (Wildman–Crippen LogP) is 4.97. The van der Waals surface area contributed by atoms with E-state index in [4.69, 9.17) is 9.47 Å². The number of ether oxygens (including phenoxy) is 2. The van der Waals surface area contributed by atoms with Gasteiger partial charge in [-0.05, 0) is 67.8 Å². The van der Waals surface area contributed by atoms with E-state index < -0.39 is 17.6 Å². The van der Waals surface area contributed by atoms with E-state index in [1.165, 1.54) is 30.3 Å². The van der Waals surface area contributed by atoms with Gasteiger partial charge in [0, 0.05) is 16.2 Å². The van der Waals surface area contributed by atoms with Crippen molar-refractivity contribution in [2.75, 3.05) is 18.5 Å². The topological polar surface area (TPSA) is 100 Å². The molecule has 0 bridgehead atoms. The third-order valence-electron chi connectivity index (χ3n) is 5.20. The molecule has 0 radical (unpaired) electrons. The molecule has 178 valence electrons. The molecule has 7 nitrogen and oxygen atoms in total. The summed E-state index contributed by atoms with van der Waals surface area (Å²) < 4.78 is 24.9. The zero-order valence-corrected chi connectivity index (χ0v) is 20.3. The number of halogens is 2. The minimum Gasteiger partial charge on any atom is -0.490 e. The normalized spacial score (nSPS) is 13.8. The van der Waals surface area contributed by atoms with E-state index in [2.05, 4.69) is 26.6 Å². The van der Waals surface area contributed by atoms with Crippen LogP contribution in [0.3, 0.4) is 0 Å². The van der Waals surface area contributed by atoms with Crippen LogP contribution < -0.4 is 20.1 Å². The monoisotopic (exact) mass is 529 g/mol. The third kappa shape index (κ3) is 7.06. The molecule has 2 amide bonds. The number of nitrogens with one attached hydrogen (secondary N) is 2. The van der Waals surface area contributed by atoms with E-state index in [0.717, 1.165) is 25.7 Å². The maximum Gasteiger partial charge on any atom is 0.262 e. The Kier molecular flexibility index (Phi) is 9.05. The first-order valence-corrected chi connectivity index (χ1v) is 11.8. The molecule has 0 unspecified atom stereocenters. The molecule has 0 aromatic heterocycles. The van der Waals surface area contributed by atoms with Crippen molar-refractivity contribution in [2.24, 2.45) is 0 Å². The number of hydrogen-bond donors (Lipinski definition) is 2. The summed E-state index contributed by atoms with van der Waals surface area (Å²) >= 11 is 3.44. The van der Waals surface area contributed by atoms with Gasteiger partial charge >= 0.3 is 0 Å². The van der Waals surface area contributed by atoms with Crippen molar-refractivity contribution in [3.8, 4) is 17.6 Å². The van der Waals surface area contributed by atoms with Crippen LogP contribution in [-0.4, -0.2) is 31.1 Å². The summed E-state index contributed by atoms with van der Waals surface area (Å²) in [5.74, 6) is -0.555. The molecule has 0 heterocycles. The average Bonchev–Trinajstić information content (AvgIpc) is 3.32. The summed E-state index contributed by atoms with van der Waals surface area (Å²) in [4.78, 5) is 24.8. The van der Waals surface area contributed by atoms with Crippen LogP contribution in [-0.2, 0) is 9.59 Å². The van der Waals surface area contributed by atoms with Gasteiger partial charge in [-0.2, -0.15) is 5.26 Å². The molecule has 1 fully saturated rings. The van der Waals surface area contributed by atoms with E-state index >= 15 is 0 Å². The largest absolute Gasteiger partial charge is 0.490 e. The Hall–Kier alpha value is -3.38. The molecular weight excluding hydrogens is 505 g/mol. The molecule has 9 heteroatoms. The molecule has 2 aromatic carbocycles. The van der Waals surface area contributed by atoms with Gasteiger partial charge in [-0.1, -0.05) is 28.8 Å². The molecule has 2 aromatic rings. The molecule has 0 spiro atoms. The lowest BCUT2D eigenvalue weighted by Crippen LogP contribution is -2.33. The zero-order chi connectivity index (χ0) is 24.5. The molecule has 1 aliphatic carbocycles. The minimum atomic E-state index is -0.426. The van der Waals surface area contributed by atoms with Crippen molar-refractivity contribution in [1.29, 1.82) is 5.26 Å². The number of carbonyl (C=O) groups is 2. The van der Waals surface area contributed by atoms with Gasteiger partial charge in [0.1, 0.15) is 17.5 Å². The van der Waals surface area contributed by atoms with E-state index in [1.54, 1.807) is 19.1 Å². The lowest BCUT2D eigenvalue weighted by atomic mass is 10.1. The van der Waals surface area contributed by atoms with Crippen LogP contribution in [0.15, 0.2) is 46.4 Å². The maximum atomic E-state index is 13.0. The summed E-state index contributed by atoms with van der Waals surface area (Å²) in [6, 6.07) is 10.7. The second-order valence-electron chi connectivity index (χ2n) is 7.72. The predicted molar refractivity (Wildman–Crippen MR) is 130 cm³/mol. The number of rotatable bonds is 9. The van der Waals surface area contributed by atoms with E-state index in [9.17, 15) is 19.2 Å². The Labute approximate surface area is 206 Å². The molecule has 0 saturated heterocycles. The quantitative estimate of drug-likeness (QED) is 0.352. The van der Waals surface area contributed by atoms with Crippen molar-refractivity contribution in [3.63, 3.8) is 0 Å². The van der Waals surface area contributed by atoms with Crippen LogP contribution in [0.5, 0.6) is 11.5 Å². The van der Waals surface area contributed by atoms with Gasteiger partial charge < -0.3 is 20.1 Å². The van der Waals surface area contributed by atoms with Gasteiger partial charge in [0.15, 0.2) is 18.1 Å². The minimum absolute atomic E-state index is 0.0117. The van der Waals surface area contributed by atoms with E-state index in [-0.39, 0.29) is 18.2 Å². The first-order valence-electron chi connectivity index (χ1n) is 11.0. The Bertz CT molecular complexity index is 1110. The molecule has 1 saturated carbocycles. The van der Waals surface area contributed by atoms with Gasteiger partial charge in [-0.25, -0.2) is 4.39 Å². The van der Waals surface area contributed by atoms with Gasteiger partial charge in [-0.3, -0.25) is 9.59 Å². The highest BCUT2D eigenvalue weighted by Gasteiger charge is 2.20. The number of amides is 2. The molecular formula is C25H25BrFN3O4. The number of nitrogens with zero attached hydrogens (tertiary/aromatic N) is 1. The highest BCUT2D eigenvalue weighted by Crippen LogP contribution is 2.35. The number of anilines is 1. The third-order valence-corrected chi connectivity index (χ3v) is 5.89. The molecule has 0 atom stereocenters. The first kappa shape index (κ1) is 25.2. The summed E-state index contributed by atoms with van der Waals surface area (Å²) in [6.45, 7) is 1.85. The average molecular weight is 530 g/mol. The smallest absolute Gasteiger partial charge is 0.262 e. The number of carbonyl (C=O) groups excluding carboxylic acids is 2. The Morgan fingerprint density at radius 2 is 1.85 bits per heavy atom. The molecule has 0 aliphatic heterocycles. The summed E-state index contributed by atoms with van der Waals surface area (Å²) in [5, 5.41) is 15.0. The van der Waals surface area contributed by atoms with Crippen LogP contribution >= 0.6 is 15.9 Å². The Balaban J connectivity index is 1.72. The molecule has 1 aliphatic rings. The fraction of sp³-hybridized carbons (Fsp3) is 0.320. The van der Waals surface area contributed by atoms with Crippen LogP contribution in [0.2, 0.25) is 0 Å². The van der Waals surface area contributed by atoms with Crippen molar-refractivity contribution in [2.45, 2.75) is 38.6 Å². The molecule has 3 rings (SSSR count). The zero-order valence-electron chi connectivity index (χ0n) is 18.7. The SMILES string of the molecule is CCOc1cc(/C=C(/C#N)C(=O)NC2CCCC2)c(Br)cc1OCC(=O)Nc1ccc(F)cc1. The van der Waals surface area contributed by atoms with Gasteiger partial charge in [0.2, 0.25) is 0 Å². The summed E-state index contributed by atoms with van der Waals surface area (Å²) in [5.41, 5.74) is 0.994. The highest BCUT2D eigenvalue weighted by molar-refractivity contribution is 9.10. The fourth-order valence-electron chi connectivity index (χ4n) is 3.55. The van der Waals surface area contributed by atoms with Crippen LogP contribution in [0.25, 0.3) is 6.08 Å². The van der Waals surface area contributed by atoms with Crippen molar-refractivity contribution < 1.29 is 23.5 Å². The Morgan fingerprint density at radius 3 is 2.50 bits per heavy atom. The number of nitriles is 1. The van der Waals surface area contributed by atoms with Crippen LogP contribution in [0.4, 0.5) is 10.1 Å². The lowest BCUT2D eigenvalue weighted by molar-refractivity contribution is -0.118. The summed E-state index contributed by atoms with van der Waals surface area (Å²) in [7, 11) is 0. The number of hydrogen-bond acceptors (Lipinski definition) is 5. The first-order chi connectivity index (χ1) is 16.4. The van der Waals surface area contributed by atoms with Crippen LogP contribution in [0, 0.1) is 17.1 Å². The second kappa shape index (κ2) is 12.2. The van der Waals surface area contributed by atoms with Crippen molar-refractivity contribution >= 4 is 39.5 Å². The number of benzene rings is 2. The van der Waals surface area contributed by atoms with Crippen LogP contribution in [0.1, 0.15) is 38.2 Å². The van der Waals surface area contributed by atoms with Gasteiger partial charge in [0.25, 0.3) is 11.8 Å². The second-order valence-corrected chi connectivity index (χ2v) is 8.58. The van der Waals surface area contributed by atoms with E-state index in [0.29, 0.717) is 33.8 Å². The molecule has 2 N–H and O–H groups in total. The van der Waals surface area contributed by atoms with Gasteiger partial charge in [-0.15, -0.1) is 0 Å². The standard InChI is InChI=1S/C25H25BrFN3O4/c1-2-33-22-12-16(11-17(14-28)25(32)30-19-5-3-4-6-19)21(26)13-23(22)34-15-24(31)29-20-9-7-18(27)8-10-20/h7-13,19H,2-6,15H2,1H3,(H,29,31)(H,30,32)/b17-11-. The lowest BCUT2D eigenvalue weighted by Gasteiger charge is -2.15. The van der Waals surface area contributed by atoms with Gasteiger partial charge in [0.05, 0.1) is 6.61 Å². The maximum absolute atomic E-state index is 13.0. The van der Waals surface area contributed by atoms with E-state index in [1.807, 2.05) is 6.07 Å². The fourth-order valence-corrected chi connectivity index (χ4v) is 3.99. The molecule has 34 heavy (non-hydrogen) atoms. The van der Waals surface area contributed by atoms with Crippen molar-refractivity contribution in [3.05, 3.63) is 57.8 Å². The highest BCUT2D eigenvalue weighted by atomic mass is 79.9. The van der Waals surface area contributed by atoms with Crippen molar-refractivity contribution in [1.82, 2.24) is 5.32 Å².